The Hall–Kier alpha value is -2.30. The summed E-state index contributed by atoms with van der Waals surface area (Å²) < 4.78 is 50.6. The van der Waals surface area contributed by atoms with Gasteiger partial charge in [-0.2, -0.15) is 0 Å². The highest BCUT2D eigenvalue weighted by Crippen LogP contribution is 2.63. The minimum Gasteiger partial charge on any atom is -0.462 e. The number of cyclic esters (lactones) is 1. The quantitative estimate of drug-likeness (QED) is 0.213. The predicted octanol–water partition coefficient (Wildman–Crippen LogP) is 8.34. The molecule has 6 aliphatic rings. The molecule has 2 aromatic rings. The number of likely N-dealkylation sites (N-methyl/N-ethyl adjacent to an activating group) is 1. The van der Waals surface area contributed by atoms with Crippen LogP contribution in [0.5, 0.6) is 0 Å². The highest BCUT2D eigenvalue weighted by molar-refractivity contribution is 7.15. The van der Waals surface area contributed by atoms with Crippen molar-refractivity contribution in [1.29, 1.82) is 0 Å². The topological polar surface area (TPSA) is 124 Å². The molecule has 4 unspecified atom stereocenters. The highest BCUT2D eigenvalue weighted by atomic mass is 35.5. The van der Waals surface area contributed by atoms with Gasteiger partial charge in [-0.05, 0) is 103 Å². The van der Waals surface area contributed by atoms with Crippen LogP contribution in [0, 0.1) is 23.7 Å². The van der Waals surface area contributed by atoms with Crippen molar-refractivity contribution in [2.45, 2.75) is 165 Å². The Morgan fingerprint density at radius 1 is 0.887 bits per heavy atom. The molecule has 0 spiro atoms. The molecular weight excluding hydrogens is 832 g/mol. The number of hydrogen-bond acceptors (Lipinski definition) is 13. The van der Waals surface area contributed by atoms with Gasteiger partial charge in [0.2, 0.25) is 0 Å². The number of aromatic nitrogens is 1. The lowest BCUT2D eigenvalue weighted by atomic mass is 9.67. The fourth-order valence-electron chi connectivity index (χ4n) is 11.8. The van der Waals surface area contributed by atoms with E-state index in [0.29, 0.717) is 35.9 Å². The lowest BCUT2D eigenvalue weighted by Gasteiger charge is -2.44. The normalized spacial score (nSPS) is 40.1. The van der Waals surface area contributed by atoms with Crippen LogP contribution in [0.1, 0.15) is 108 Å². The number of carbonyl (C=O) groups excluding carboxylic acids is 2. The summed E-state index contributed by atoms with van der Waals surface area (Å²) in [6.07, 6.45) is 5.06. The molecule has 3 aliphatic carbocycles. The average molecular weight is 900 g/mol. The molecular formula is C48H67ClN2O10S. The molecule has 1 saturated carbocycles. The van der Waals surface area contributed by atoms with Gasteiger partial charge in [-0.3, -0.25) is 9.59 Å². The van der Waals surface area contributed by atoms with Crippen molar-refractivity contribution in [1.82, 2.24) is 9.88 Å². The van der Waals surface area contributed by atoms with Crippen LogP contribution in [0.2, 0.25) is 5.02 Å². The first-order valence-corrected chi connectivity index (χ1v) is 24.1. The summed E-state index contributed by atoms with van der Waals surface area (Å²) in [6, 6.07) is 8.11. The molecule has 4 heterocycles. The first-order chi connectivity index (χ1) is 29.8. The molecule has 12 nitrogen and oxygen atoms in total. The number of rotatable bonds is 10. The molecule has 1 aromatic carbocycles. The third-order valence-electron chi connectivity index (χ3n) is 15.0. The second kappa shape index (κ2) is 19.7. The second-order valence-electron chi connectivity index (χ2n) is 18.8. The first kappa shape index (κ1) is 46.2. The van der Waals surface area contributed by atoms with E-state index in [1.807, 2.05) is 38.1 Å². The molecule has 0 N–H and O–H groups in total. The Kier molecular flexibility index (Phi) is 14.7. The van der Waals surface area contributed by atoms with Crippen LogP contribution in [0.15, 0.2) is 35.9 Å². The number of carbonyl (C=O) groups is 2. The lowest BCUT2D eigenvalue weighted by molar-refractivity contribution is -0.314. The fourth-order valence-corrected chi connectivity index (χ4v) is 13.5. The number of fused-ring (bicyclic) bond motifs is 8. The molecule has 3 aliphatic heterocycles. The van der Waals surface area contributed by atoms with Gasteiger partial charge in [0.05, 0.1) is 41.6 Å². The summed E-state index contributed by atoms with van der Waals surface area (Å²) >= 11 is 8.50. The van der Waals surface area contributed by atoms with E-state index >= 15 is 4.79 Å². The molecule has 0 radical (unpaired) electrons. The highest BCUT2D eigenvalue weighted by Gasteiger charge is 2.57. The van der Waals surface area contributed by atoms with E-state index in [1.165, 1.54) is 4.88 Å². The van der Waals surface area contributed by atoms with Crippen LogP contribution in [-0.2, 0) is 47.5 Å². The molecule has 1 aromatic heterocycles. The maximum atomic E-state index is 15.2. The van der Waals surface area contributed by atoms with Crippen molar-refractivity contribution in [2.24, 2.45) is 23.7 Å². The van der Waals surface area contributed by atoms with Gasteiger partial charge >= 0.3 is 5.97 Å². The van der Waals surface area contributed by atoms with Gasteiger partial charge in [-0.25, -0.2) is 4.98 Å². The van der Waals surface area contributed by atoms with Crippen LogP contribution in [-0.4, -0.2) is 125 Å². The molecule has 4 fully saturated rings. The number of ether oxygens (including phenoxy) is 8. The number of benzene rings is 1. The third-order valence-corrected chi connectivity index (χ3v) is 16.6. The molecule has 62 heavy (non-hydrogen) atoms. The summed E-state index contributed by atoms with van der Waals surface area (Å²) in [7, 11) is 9.14. The Bertz CT molecular complexity index is 1930. The van der Waals surface area contributed by atoms with Crippen molar-refractivity contribution in [2.75, 3.05) is 35.4 Å². The average Bonchev–Trinajstić information content (AvgIpc) is 3.97. The van der Waals surface area contributed by atoms with Crippen molar-refractivity contribution in [3.8, 4) is 10.6 Å². The van der Waals surface area contributed by atoms with E-state index in [-0.39, 0.29) is 84.6 Å². The van der Waals surface area contributed by atoms with Crippen LogP contribution >= 0.6 is 22.9 Å². The van der Waals surface area contributed by atoms with Crippen LogP contribution in [0.4, 0.5) is 0 Å². The minimum absolute atomic E-state index is 0.00204. The van der Waals surface area contributed by atoms with Gasteiger partial charge in [0, 0.05) is 61.5 Å². The first-order valence-electron chi connectivity index (χ1n) is 22.9. The van der Waals surface area contributed by atoms with Gasteiger partial charge in [0.1, 0.15) is 29.4 Å². The predicted molar refractivity (Wildman–Crippen MR) is 236 cm³/mol. The maximum Gasteiger partial charge on any atom is 0.306 e. The summed E-state index contributed by atoms with van der Waals surface area (Å²) in [4.78, 5) is 38.1. The van der Waals surface area contributed by atoms with Gasteiger partial charge in [0.25, 0.3) is 0 Å². The number of nitrogens with zero attached hydrogens (tertiary/aromatic N) is 2. The van der Waals surface area contributed by atoms with E-state index in [0.717, 1.165) is 48.4 Å². The Balaban J connectivity index is 1.15. The van der Waals surface area contributed by atoms with Crippen molar-refractivity contribution in [3.63, 3.8) is 0 Å². The largest absolute Gasteiger partial charge is 0.462 e. The number of halogens is 1. The van der Waals surface area contributed by atoms with Crippen molar-refractivity contribution >= 4 is 34.7 Å². The Morgan fingerprint density at radius 2 is 1.65 bits per heavy atom. The Labute approximate surface area is 376 Å². The zero-order valence-electron chi connectivity index (χ0n) is 37.8. The molecule has 8 rings (SSSR count). The van der Waals surface area contributed by atoms with E-state index in [4.69, 9.17) is 54.5 Å². The molecule has 0 bridgehead atoms. The smallest absolute Gasteiger partial charge is 0.306 e. The second-order valence-corrected chi connectivity index (χ2v) is 20.2. The van der Waals surface area contributed by atoms with Crippen LogP contribution in [0.25, 0.3) is 10.6 Å². The Morgan fingerprint density at radius 3 is 2.34 bits per heavy atom. The van der Waals surface area contributed by atoms with E-state index in [1.54, 1.807) is 32.7 Å². The van der Waals surface area contributed by atoms with Gasteiger partial charge in [0.15, 0.2) is 18.4 Å². The molecule has 342 valence electrons. The zero-order valence-corrected chi connectivity index (χ0v) is 39.4. The number of Topliss-reactive ketones (excluding diaryl/α,β-unsaturated/α-hetero) is 1. The van der Waals surface area contributed by atoms with Crippen LogP contribution < -0.4 is 0 Å². The fraction of sp³-hybridized carbons (Fsp3) is 0.729. The number of methoxy groups -OCH3 is 3. The third kappa shape index (κ3) is 8.98. The molecule has 0 amide bonds. The number of thiazole rings is 1. The van der Waals surface area contributed by atoms with Crippen LogP contribution in [0.3, 0.4) is 0 Å². The van der Waals surface area contributed by atoms with Gasteiger partial charge < -0.3 is 42.8 Å². The number of hydrogen-bond donors (Lipinski definition) is 0. The van der Waals surface area contributed by atoms with E-state index in [9.17, 15) is 4.79 Å². The summed E-state index contributed by atoms with van der Waals surface area (Å²) in [5.74, 6) is -1.14. The lowest BCUT2D eigenvalue weighted by Crippen LogP contribution is -2.59. The van der Waals surface area contributed by atoms with Gasteiger partial charge in [-0.15, -0.1) is 11.3 Å². The molecule has 14 heteroatoms. The maximum absolute atomic E-state index is 15.2. The number of esters is 1. The summed E-state index contributed by atoms with van der Waals surface area (Å²) in [5, 5.41) is 1.47. The van der Waals surface area contributed by atoms with Gasteiger partial charge in [-0.1, -0.05) is 49.7 Å². The SMILES string of the molecule is CC[C@H]1CCC[C@H](O[C@H]2CC[C@H](N(C)C)C(C)O2)[C@@H](C)C(=O)C2=C[C@H]3[C@@H]4C[C@H](O[C@@H]5OC(C)[C@H](OC)C(OC)C5OC)C[C@H]4c4sc(-c5ccccc5Cl)nc4[C@H]3[C@@H]2CC(=O)O1. The number of ketones is 1. The molecule has 3 saturated heterocycles. The summed E-state index contributed by atoms with van der Waals surface area (Å²) in [6.45, 7) is 8.15. The molecule has 17 atom stereocenters. The van der Waals surface area contributed by atoms with E-state index in [2.05, 4.69) is 38.9 Å². The zero-order chi connectivity index (χ0) is 44.0. The number of allylic oxidation sites excluding steroid dienone is 2. The monoisotopic (exact) mass is 898 g/mol. The summed E-state index contributed by atoms with van der Waals surface area (Å²) in [5.41, 5.74) is 2.51. The van der Waals surface area contributed by atoms with Crippen molar-refractivity contribution < 1.29 is 47.5 Å². The minimum atomic E-state index is -0.672. The standard InChI is InChI=1S/C48H67ClN2O10S/c1-10-27-14-13-17-37(61-39-19-18-36(51(5)6)25(3)57-39)24(2)42(53)33-22-31-30-20-28(60-48-45(56-9)44(55-8)43(54-7)26(4)58-48)21-34(30)46-41(40(31)32(33)23-38(52)59-27)50-47(62-46)29-15-11-12-16-35(29)49/h11-12,15-16,22,24-28,30-32,34,36-37,39-40,43-45,48H,10,13-14,17-21,23H2,1-9H3/t24-,25?,26?,27+,28+,30+,31+,32-,34-,36+,37+,39+,40-,43+,44?,45?,48+/m1/s1. The van der Waals surface area contributed by atoms with Crippen molar-refractivity contribution in [3.05, 3.63) is 51.5 Å². The van der Waals surface area contributed by atoms with E-state index < -0.39 is 30.5 Å².